The van der Waals surface area contributed by atoms with E-state index in [0.717, 1.165) is 6.54 Å². The summed E-state index contributed by atoms with van der Waals surface area (Å²) in [6.07, 6.45) is 2.55. The normalized spacial score (nSPS) is 57.0. The summed E-state index contributed by atoms with van der Waals surface area (Å²) in [7, 11) is 0. The van der Waals surface area contributed by atoms with Gasteiger partial charge in [-0.2, -0.15) is 5.06 Å². The molecule has 0 bridgehead atoms. The van der Waals surface area contributed by atoms with Crippen molar-refractivity contribution >= 4 is 0 Å². The molecule has 2 unspecified atom stereocenters. The predicted octanol–water partition coefficient (Wildman–Crippen LogP) is 0.744. The first kappa shape index (κ1) is 3.87. The lowest BCUT2D eigenvalue weighted by atomic mass is 10.2. The van der Waals surface area contributed by atoms with Crippen LogP contribution in [0.3, 0.4) is 0 Å². The van der Waals surface area contributed by atoms with Gasteiger partial charge in [0.25, 0.3) is 0 Å². The van der Waals surface area contributed by atoms with Crippen LogP contribution in [-0.2, 0) is 4.84 Å². The molecule has 2 atom stereocenters. The molecule has 2 saturated heterocycles. The third kappa shape index (κ3) is 0.359. The number of hydroxylamine groups is 2. The maximum absolute atomic E-state index is 5.17. The van der Waals surface area contributed by atoms with Crippen LogP contribution in [0.15, 0.2) is 0 Å². The quantitative estimate of drug-likeness (QED) is 0.416. The highest BCUT2D eigenvalue weighted by Gasteiger charge is 2.53. The van der Waals surface area contributed by atoms with E-state index < -0.39 is 0 Å². The van der Waals surface area contributed by atoms with Gasteiger partial charge in [-0.25, -0.2) is 0 Å². The fourth-order valence-corrected chi connectivity index (χ4v) is 1.22. The molecule has 2 rings (SSSR count). The van der Waals surface area contributed by atoms with Crippen LogP contribution in [0.5, 0.6) is 0 Å². The van der Waals surface area contributed by atoms with Crippen LogP contribution in [0.25, 0.3) is 0 Å². The third-order valence-electron chi connectivity index (χ3n) is 1.80. The van der Waals surface area contributed by atoms with Crippen molar-refractivity contribution in [3.8, 4) is 0 Å². The molecule has 2 aliphatic rings. The molecule has 40 valence electrons. The van der Waals surface area contributed by atoms with Crippen LogP contribution in [0.1, 0.15) is 19.8 Å². The molecule has 0 aromatic carbocycles. The molecule has 7 heavy (non-hydrogen) atoms. The molecular weight excluding hydrogens is 90.1 g/mol. The summed E-state index contributed by atoms with van der Waals surface area (Å²) in [6.45, 7) is 3.29. The van der Waals surface area contributed by atoms with Crippen LogP contribution in [-0.4, -0.2) is 17.3 Å². The number of rotatable bonds is 0. The SMILES string of the molecule is CC12CCCN1O2. The Kier molecular flexibility index (Phi) is 0.474. The predicted molar refractivity (Wildman–Crippen MR) is 25.4 cm³/mol. The Morgan fingerprint density at radius 3 is 2.71 bits per heavy atom. The first-order valence-corrected chi connectivity index (χ1v) is 2.78. The minimum absolute atomic E-state index is 0.194. The topological polar surface area (TPSA) is 15.5 Å². The average molecular weight is 99.1 g/mol. The van der Waals surface area contributed by atoms with E-state index in [4.69, 9.17) is 4.84 Å². The van der Waals surface area contributed by atoms with Gasteiger partial charge in [0.15, 0.2) is 5.72 Å². The molecule has 2 fully saturated rings. The maximum atomic E-state index is 5.17. The maximum Gasteiger partial charge on any atom is 0.162 e. The second-order valence-electron chi connectivity index (χ2n) is 2.47. The van der Waals surface area contributed by atoms with E-state index in [1.54, 1.807) is 0 Å². The van der Waals surface area contributed by atoms with E-state index in [2.05, 4.69) is 6.92 Å². The highest BCUT2D eigenvalue weighted by atomic mass is 16.9. The van der Waals surface area contributed by atoms with Crippen molar-refractivity contribution in [1.29, 1.82) is 0 Å². The van der Waals surface area contributed by atoms with E-state index in [9.17, 15) is 0 Å². The fourth-order valence-electron chi connectivity index (χ4n) is 1.22. The minimum Gasteiger partial charge on any atom is -0.272 e. The molecule has 2 heterocycles. The van der Waals surface area contributed by atoms with Crippen LogP contribution in [0.2, 0.25) is 0 Å². The highest BCUT2D eigenvalue weighted by molar-refractivity contribution is 4.88. The molecule has 0 aromatic rings. The molecule has 2 heteroatoms. The van der Waals surface area contributed by atoms with E-state index >= 15 is 0 Å². The molecule has 0 radical (unpaired) electrons. The summed E-state index contributed by atoms with van der Waals surface area (Å²) in [4.78, 5) is 5.17. The van der Waals surface area contributed by atoms with E-state index in [1.807, 2.05) is 5.06 Å². The van der Waals surface area contributed by atoms with Gasteiger partial charge >= 0.3 is 0 Å². The second kappa shape index (κ2) is 0.858. The van der Waals surface area contributed by atoms with Gasteiger partial charge in [0.2, 0.25) is 0 Å². The Balaban J connectivity index is 2.17. The van der Waals surface area contributed by atoms with Gasteiger partial charge in [0, 0.05) is 6.54 Å². The summed E-state index contributed by atoms with van der Waals surface area (Å²) in [5, 5.41) is 2.05. The molecule has 0 spiro atoms. The smallest absolute Gasteiger partial charge is 0.162 e. The van der Waals surface area contributed by atoms with Crippen molar-refractivity contribution in [2.75, 3.05) is 6.54 Å². The van der Waals surface area contributed by atoms with E-state index in [0.29, 0.717) is 0 Å². The molecule has 2 aliphatic heterocycles. The second-order valence-corrected chi connectivity index (χ2v) is 2.47. The molecule has 0 aliphatic carbocycles. The molecule has 0 N–H and O–H groups in total. The third-order valence-corrected chi connectivity index (χ3v) is 1.80. The summed E-state index contributed by atoms with van der Waals surface area (Å²) in [5.74, 6) is 0. The van der Waals surface area contributed by atoms with Crippen molar-refractivity contribution < 1.29 is 4.84 Å². The van der Waals surface area contributed by atoms with Gasteiger partial charge in [-0.05, 0) is 19.8 Å². The lowest BCUT2D eigenvalue weighted by Crippen LogP contribution is -2.02. The Hall–Kier alpha value is -0.0800. The number of hydrogen-bond acceptors (Lipinski definition) is 2. The Labute approximate surface area is 43.0 Å². The van der Waals surface area contributed by atoms with Gasteiger partial charge in [0.1, 0.15) is 0 Å². The number of nitrogens with zero attached hydrogens (tertiary/aromatic N) is 1. The van der Waals surface area contributed by atoms with Crippen molar-refractivity contribution in [2.24, 2.45) is 0 Å². The zero-order chi connectivity index (χ0) is 4.91. The van der Waals surface area contributed by atoms with E-state index in [-0.39, 0.29) is 5.72 Å². The van der Waals surface area contributed by atoms with Crippen molar-refractivity contribution in [2.45, 2.75) is 25.5 Å². The van der Waals surface area contributed by atoms with Crippen molar-refractivity contribution in [3.63, 3.8) is 0 Å². The monoisotopic (exact) mass is 99.1 g/mol. The molecule has 2 nitrogen and oxygen atoms in total. The van der Waals surface area contributed by atoms with Crippen LogP contribution in [0.4, 0.5) is 0 Å². The van der Waals surface area contributed by atoms with Gasteiger partial charge in [-0.3, -0.25) is 4.84 Å². The van der Waals surface area contributed by atoms with Gasteiger partial charge in [-0.1, -0.05) is 0 Å². The number of hydrogen-bond donors (Lipinski definition) is 0. The first-order valence-electron chi connectivity index (χ1n) is 2.78. The van der Waals surface area contributed by atoms with Crippen LogP contribution < -0.4 is 0 Å². The van der Waals surface area contributed by atoms with E-state index in [1.165, 1.54) is 12.8 Å². The largest absolute Gasteiger partial charge is 0.272 e. The standard InChI is InChI=1S/C5H9NO/c1-5-3-2-4-6(5)7-5/h2-4H2,1H3. The Morgan fingerprint density at radius 2 is 2.57 bits per heavy atom. The Morgan fingerprint density at radius 1 is 1.71 bits per heavy atom. The lowest BCUT2D eigenvalue weighted by Gasteiger charge is -1.88. The molecular formula is C5H9NO. The lowest BCUT2D eigenvalue weighted by molar-refractivity contribution is 0.172. The van der Waals surface area contributed by atoms with Gasteiger partial charge < -0.3 is 0 Å². The molecule has 0 saturated carbocycles. The van der Waals surface area contributed by atoms with Crippen molar-refractivity contribution in [1.82, 2.24) is 5.06 Å². The fraction of sp³-hybridized carbons (Fsp3) is 1.00. The summed E-state index contributed by atoms with van der Waals surface area (Å²) in [5.41, 5.74) is 0.194. The summed E-state index contributed by atoms with van der Waals surface area (Å²) in [6, 6.07) is 0. The molecule has 0 aromatic heterocycles. The Bertz CT molecular complexity index is 102. The highest BCUT2D eigenvalue weighted by Crippen LogP contribution is 2.43. The summed E-state index contributed by atoms with van der Waals surface area (Å²) < 4.78 is 0. The van der Waals surface area contributed by atoms with Gasteiger partial charge in [0.05, 0.1) is 0 Å². The zero-order valence-electron chi connectivity index (χ0n) is 4.48. The number of fused-ring (bicyclic) bond motifs is 1. The minimum atomic E-state index is 0.194. The average Bonchev–Trinajstić information content (AvgIpc) is 2.09. The van der Waals surface area contributed by atoms with Crippen LogP contribution in [0, 0.1) is 0 Å². The first-order chi connectivity index (χ1) is 3.31. The van der Waals surface area contributed by atoms with Gasteiger partial charge in [-0.15, -0.1) is 0 Å². The van der Waals surface area contributed by atoms with Crippen molar-refractivity contribution in [3.05, 3.63) is 0 Å². The van der Waals surface area contributed by atoms with Crippen LogP contribution >= 0.6 is 0 Å². The zero-order valence-corrected chi connectivity index (χ0v) is 4.48. The molecule has 0 amide bonds. The summed E-state index contributed by atoms with van der Waals surface area (Å²) >= 11 is 0.